The van der Waals surface area contributed by atoms with E-state index in [1.807, 2.05) is 37.3 Å². The third kappa shape index (κ3) is 1.95. The SMILES string of the molecule is COc1cnc2nc(O)n([C@@H](C)c3ccccc3)c2n1. The van der Waals surface area contributed by atoms with Gasteiger partial charge in [0.15, 0.2) is 5.65 Å². The fourth-order valence-electron chi connectivity index (χ4n) is 2.18. The standard InChI is InChI=1S/C14H14N4O2/c1-9(10-6-4-3-5-7-10)18-13-12(17-14(18)19)15-8-11(16-13)20-2/h3-9H,1-2H3,(H,15,17,19)/t9-/m0/s1. The molecule has 0 spiro atoms. The summed E-state index contributed by atoms with van der Waals surface area (Å²) in [4.78, 5) is 12.5. The first kappa shape index (κ1) is 12.4. The zero-order valence-electron chi connectivity index (χ0n) is 11.2. The molecule has 0 bridgehead atoms. The van der Waals surface area contributed by atoms with Crippen LogP contribution in [0.25, 0.3) is 11.3 Å². The lowest BCUT2D eigenvalue weighted by molar-refractivity contribution is 0.388. The van der Waals surface area contributed by atoms with Crippen molar-refractivity contribution >= 4 is 11.3 Å². The summed E-state index contributed by atoms with van der Waals surface area (Å²) in [5, 5.41) is 10.1. The lowest BCUT2D eigenvalue weighted by Gasteiger charge is -2.14. The van der Waals surface area contributed by atoms with Gasteiger partial charge in [0, 0.05) is 0 Å². The van der Waals surface area contributed by atoms with Crippen LogP contribution in [0, 0.1) is 0 Å². The van der Waals surface area contributed by atoms with Gasteiger partial charge in [-0.15, -0.1) is 0 Å². The van der Waals surface area contributed by atoms with Crippen molar-refractivity contribution in [3.63, 3.8) is 0 Å². The molecule has 1 aromatic carbocycles. The highest BCUT2D eigenvalue weighted by Gasteiger charge is 2.19. The van der Waals surface area contributed by atoms with Crippen molar-refractivity contribution in [1.29, 1.82) is 0 Å². The molecule has 3 rings (SSSR count). The molecular formula is C14H14N4O2. The lowest BCUT2D eigenvalue weighted by atomic mass is 10.1. The van der Waals surface area contributed by atoms with Gasteiger partial charge in [-0.3, -0.25) is 4.57 Å². The third-order valence-electron chi connectivity index (χ3n) is 3.24. The summed E-state index contributed by atoms with van der Waals surface area (Å²) in [6.45, 7) is 1.97. The quantitative estimate of drug-likeness (QED) is 0.789. The Hall–Kier alpha value is -2.63. The number of fused-ring (bicyclic) bond motifs is 1. The van der Waals surface area contributed by atoms with Crippen LogP contribution < -0.4 is 4.74 Å². The number of rotatable bonds is 3. The second-order valence-corrected chi connectivity index (χ2v) is 4.43. The predicted octanol–water partition coefficient (Wildman–Crippen LogP) is 2.15. The van der Waals surface area contributed by atoms with Crippen molar-refractivity contribution in [1.82, 2.24) is 19.5 Å². The molecule has 0 unspecified atom stereocenters. The summed E-state index contributed by atoms with van der Waals surface area (Å²) in [7, 11) is 1.52. The van der Waals surface area contributed by atoms with Gasteiger partial charge in [-0.25, -0.2) is 4.98 Å². The average molecular weight is 270 g/mol. The zero-order valence-corrected chi connectivity index (χ0v) is 11.2. The molecule has 3 aromatic rings. The second-order valence-electron chi connectivity index (χ2n) is 4.43. The van der Waals surface area contributed by atoms with Gasteiger partial charge in [0.2, 0.25) is 11.5 Å². The molecule has 6 nitrogen and oxygen atoms in total. The zero-order chi connectivity index (χ0) is 14.1. The molecule has 0 radical (unpaired) electrons. The molecule has 0 aliphatic heterocycles. The largest absolute Gasteiger partial charge is 0.480 e. The maximum absolute atomic E-state index is 10.1. The van der Waals surface area contributed by atoms with E-state index in [1.165, 1.54) is 13.3 Å². The number of hydrogen-bond donors (Lipinski definition) is 1. The summed E-state index contributed by atoms with van der Waals surface area (Å²) in [6, 6.07) is 9.62. The predicted molar refractivity (Wildman–Crippen MR) is 73.8 cm³/mol. The molecule has 6 heteroatoms. The topological polar surface area (TPSA) is 73.1 Å². The van der Waals surface area contributed by atoms with Crippen LogP contribution in [0.4, 0.5) is 0 Å². The number of aromatic nitrogens is 4. The van der Waals surface area contributed by atoms with Crippen molar-refractivity contribution in [2.45, 2.75) is 13.0 Å². The van der Waals surface area contributed by atoms with Crippen molar-refractivity contribution in [2.75, 3.05) is 7.11 Å². The fraction of sp³-hybridized carbons (Fsp3) is 0.214. The van der Waals surface area contributed by atoms with Crippen LogP contribution in [0.5, 0.6) is 11.9 Å². The van der Waals surface area contributed by atoms with E-state index in [1.54, 1.807) is 4.57 Å². The summed E-state index contributed by atoms with van der Waals surface area (Å²) in [5.41, 5.74) is 1.94. The number of aromatic hydroxyl groups is 1. The second kappa shape index (κ2) is 4.80. The first-order valence-electron chi connectivity index (χ1n) is 6.23. The van der Waals surface area contributed by atoms with Gasteiger partial charge in [0.25, 0.3) is 6.01 Å². The molecule has 102 valence electrons. The first-order valence-corrected chi connectivity index (χ1v) is 6.23. The molecule has 0 saturated carbocycles. The van der Waals surface area contributed by atoms with E-state index in [-0.39, 0.29) is 12.1 Å². The number of ether oxygens (including phenoxy) is 1. The van der Waals surface area contributed by atoms with Crippen LogP contribution >= 0.6 is 0 Å². The molecule has 0 fully saturated rings. The molecule has 0 amide bonds. The van der Waals surface area contributed by atoms with Gasteiger partial charge in [0.1, 0.15) is 0 Å². The van der Waals surface area contributed by atoms with Crippen LogP contribution in [0.1, 0.15) is 18.5 Å². The minimum absolute atomic E-state index is 0.107. The number of imidazole rings is 1. The number of nitrogens with zero attached hydrogens (tertiary/aromatic N) is 4. The first-order chi connectivity index (χ1) is 9.70. The van der Waals surface area contributed by atoms with E-state index < -0.39 is 0 Å². The van der Waals surface area contributed by atoms with Crippen LogP contribution in [0.2, 0.25) is 0 Å². The normalized spacial score (nSPS) is 12.5. The Bertz CT molecular complexity index is 740. The van der Waals surface area contributed by atoms with Gasteiger partial charge >= 0.3 is 0 Å². The summed E-state index contributed by atoms with van der Waals surface area (Å²) < 4.78 is 6.71. The van der Waals surface area contributed by atoms with Crippen LogP contribution in [-0.2, 0) is 0 Å². The summed E-state index contributed by atoms with van der Waals surface area (Å²) >= 11 is 0. The Kier molecular flexibility index (Phi) is 2.98. The highest BCUT2D eigenvalue weighted by atomic mass is 16.5. The molecule has 20 heavy (non-hydrogen) atoms. The third-order valence-corrected chi connectivity index (χ3v) is 3.24. The van der Waals surface area contributed by atoms with Gasteiger partial charge in [0.05, 0.1) is 19.3 Å². The van der Waals surface area contributed by atoms with Gasteiger partial charge in [-0.05, 0) is 12.5 Å². The number of hydrogen-bond acceptors (Lipinski definition) is 5. The molecule has 2 aromatic heterocycles. The summed E-state index contributed by atoms with van der Waals surface area (Å²) in [6.07, 6.45) is 1.48. The van der Waals surface area contributed by atoms with Crippen molar-refractivity contribution in [3.8, 4) is 11.9 Å². The average Bonchev–Trinajstić information content (AvgIpc) is 2.82. The van der Waals surface area contributed by atoms with Crippen LogP contribution in [0.15, 0.2) is 36.5 Å². The maximum atomic E-state index is 10.1. The Morgan fingerprint density at radius 1 is 1.20 bits per heavy atom. The van der Waals surface area contributed by atoms with E-state index in [0.29, 0.717) is 17.2 Å². The van der Waals surface area contributed by atoms with Gasteiger partial charge in [-0.2, -0.15) is 9.97 Å². The van der Waals surface area contributed by atoms with Crippen molar-refractivity contribution in [3.05, 3.63) is 42.1 Å². The Morgan fingerprint density at radius 2 is 1.95 bits per heavy atom. The monoisotopic (exact) mass is 270 g/mol. The van der Waals surface area contributed by atoms with Crippen molar-refractivity contribution in [2.24, 2.45) is 0 Å². The summed E-state index contributed by atoms with van der Waals surface area (Å²) in [5.74, 6) is 0.388. The molecule has 0 aliphatic rings. The number of benzene rings is 1. The minimum atomic E-state index is -0.109. The maximum Gasteiger partial charge on any atom is 0.298 e. The molecule has 1 atom stereocenters. The Labute approximate surface area is 115 Å². The van der Waals surface area contributed by atoms with Gasteiger partial charge in [-0.1, -0.05) is 30.3 Å². The van der Waals surface area contributed by atoms with Crippen molar-refractivity contribution < 1.29 is 9.84 Å². The molecular weight excluding hydrogens is 256 g/mol. The van der Waals surface area contributed by atoms with E-state index in [0.717, 1.165) is 5.56 Å². The van der Waals surface area contributed by atoms with Crippen LogP contribution in [-0.4, -0.2) is 31.7 Å². The highest BCUT2D eigenvalue weighted by molar-refractivity contribution is 5.68. The molecule has 0 saturated heterocycles. The number of methoxy groups -OCH3 is 1. The fourth-order valence-corrected chi connectivity index (χ4v) is 2.18. The molecule has 0 aliphatic carbocycles. The van der Waals surface area contributed by atoms with E-state index in [2.05, 4.69) is 15.0 Å². The van der Waals surface area contributed by atoms with Gasteiger partial charge < -0.3 is 9.84 Å². The Morgan fingerprint density at radius 3 is 2.65 bits per heavy atom. The lowest BCUT2D eigenvalue weighted by Crippen LogP contribution is -2.07. The smallest absolute Gasteiger partial charge is 0.298 e. The van der Waals surface area contributed by atoms with E-state index >= 15 is 0 Å². The highest BCUT2D eigenvalue weighted by Crippen LogP contribution is 2.28. The van der Waals surface area contributed by atoms with Crippen LogP contribution in [0.3, 0.4) is 0 Å². The minimum Gasteiger partial charge on any atom is -0.480 e. The van der Waals surface area contributed by atoms with E-state index in [9.17, 15) is 5.11 Å². The molecule has 1 N–H and O–H groups in total. The van der Waals surface area contributed by atoms with E-state index in [4.69, 9.17) is 4.74 Å². The Balaban J connectivity index is 2.17. The molecule has 2 heterocycles.